The Balaban J connectivity index is 1.69. The van der Waals surface area contributed by atoms with Crippen molar-refractivity contribution in [3.05, 3.63) is 90.0 Å². The zero-order valence-corrected chi connectivity index (χ0v) is 15.6. The van der Waals surface area contributed by atoms with Gasteiger partial charge in [-0.2, -0.15) is 0 Å². The summed E-state index contributed by atoms with van der Waals surface area (Å²) in [6.07, 6.45) is -0.761. The predicted octanol–water partition coefficient (Wildman–Crippen LogP) is 5.60. The van der Waals surface area contributed by atoms with E-state index in [4.69, 9.17) is 14.2 Å². The van der Waals surface area contributed by atoms with Crippen molar-refractivity contribution in [3.63, 3.8) is 0 Å². The van der Waals surface area contributed by atoms with Crippen LogP contribution in [0.2, 0.25) is 0 Å². The van der Waals surface area contributed by atoms with E-state index < -0.39 is 6.16 Å². The van der Waals surface area contributed by atoms with Crippen LogP contribution in [-0.2, 0) is 5.41 Å². The van der Waals surface area contributed by atoms with E-state index in [1.165, 1.54) is 5.56 Å². The van der Waals surface area contributed by atoms with E-state index in [9.17, 15) is 4.79 Å². The molecule has 3 aromatic carbocycles. The molecule has 0 aliphatic heterocycles. The highest BCUT2D eigenvalue weighted by molar-refractivity contribution is 5.67. The number of ether oxygens (including phenoxy) is 3. The summed E-state index contributed by atoms with van der Waals surface area (Å²) in [6, 6.07) is 24.3. The van der Waals surface area contributed by atoms with Crippen molar-refractivity contribution in [1.29, 1.82) is 0 Å². The third-order valence-electron chi connectivity index (χ3n) is 4.53. The van der Waals surface area contributed by atoms with Crippen molar-refractivity contribution in [1.82, 2.24) is 0 Å². The van der Waals surface area contributed by atoms with Crippen LogP contribution in [0.5, 0.6) is 17.2 Å². The van der Waals surface area contributed by atoms with Crippen molar-refractivity contribution >= 4 is 6.16 Å². The minimum Gasteiger partial charge on any atom is -0.497 e. The normalized spacial score (nSPS) is 10.9. The summed E-state index contributed by atoms with van der Waals surface area (Å²) in [7, 11) is 1.65. The van der Waals surface area contributed by atoms with Gasteiger partial charge in [0.05, 0.1) is 7.11 Å². The fraction of sp³-hybridized carbons (Fsp3) is 0.174. The van der Waals surface area contributed by atoms with Crippen molar-refractivity contribution in [2.75, 3.05) is 7.11 Å². The van der Waals surface area contributed by atoms with E-state index in [1.54, 1.807) is 43.5 Å². The van der Waals surface area contributed by atoms with Gasteiger partial charge in [0.2, 0.25) is 0 Å². The molecule has 0 bridgehead atoms. The van der Waals surface area contributed by atoms with Gasteiger partial charge in [0.1, 0.15) is 17.2 Å². The SMILES string of the molecule is COc1ccc(C(C)(C)c2ccc(OC(=O)Oc3ccccc3)cc2)cc1. The maximum Gasteiger partial charge on any atom is 0.519 e. The van der Waals surface area contributed by atoms with Gasteiger partial charge in [-0.3, -0.25) is 0 Å². The van der Waals surface area contributed by atoms with E-state index in [1.807, 2.05) is 30.3 Å². The minimum atomic E-state index is -0.761. The van der Waals surface area contributed by atoms with Crippen molar-refractivity contribution in [3.8, 4) is 17.2 Å². The average molecular weight is 362 g/mol. The third kappa shape index (κ3) is 4.47. The first-order valence-corrected chi connectivity index (χ1v) is 8.69. The number of hydrogen-bond acceptors (Lipinski definition) is 4. The van der Waals surface area contributed by atoms with Gasteiger partial charge < -0.3 is 14.2 Å². The van der Waals surface area contributed by atoms with Gasteiger partial charge in [0.15, 0.2) is 0 Å². The number of carbonyl (C=O) groups excluding carboxylic acids is 1. The van der Waals surface area contributed by atoms with Crippen molar-refractivity contribution in [2.24, 2.45) is 0 Å². The van der Waals surface area contributed by atoms with Crippen LogP contribution in [0.25, 0.3) is 0 Å². The predicted molar refractivity (Wildman–Crippen MR) is 105 cm³/mol. The molecule has 138 valence electrons. The fourth-order valence-corrected chi connectivity index (χ4v) is 2.82. The van der Waals surface area contributed by atoms with Gasteiger partial charge >= 0.3 is 6.16 Å². The summed E-state index contributed by atoms with van der Waals surface area (Å²) in [5, 5.41) is 0. The molecule has 0 amide bonds. The molecule has 0 atom stereocenters. The van der Waals surface area contributed by atoms with Crippen LogP contribution in [-0.4, -0.2) is 13.3 Å². The molecule has 0 aliphatic carbocycles. The van der Waals surface area contributed by atoms with E-state index >= 15 is 0 Å². The Morgan fingerprint density at radius 1 is 0.667 bits per heavy atom. The molecule has 0 spiro atoms. The van der Waals surface area contributed by atoms with Crippen molar-refractivity contribution in [2.45, 2.75) is 19.3 Å². The topological polar surface area (TPSA) is 44.8 Å². The van der Waals surface area contributed by atoms with Crippen LogP contribution in [0.15, 0.2) is 78.9 Å². The van der Waals surface area contributed by atoms with Gasteiger partial charge in [0, 0.05) is 5.41 Å². The van der Waals surface area contributed by atoms with Crippen LogP contribution in [0.1, 0.15) is 25.0 Å². The smallest absolute Gasteiger partial charge is 0.497 e. The number of hydrogen-bond donors (Lipinski definition) is 0. The Labute approximate surface area is 159 Å². The Hall–Kier alpha value is -3.27. The molecule has 3 rings (SSSR count). The van der Waals surface area contributed by atoms with Crippen LogP contribution < -0.4 is 14.2 Å². The molecule has 0 unspecified atom stereocenters. The van der Waals surface area contributed by atoms with Crippen molar-refractivity contribution < 1.29 is 19.0 Å². The summed E-state index contributed by atoms with van der Waals surface area (Å²) < 4.78 is 15.6. The molecule has 0 aromatic heterocycles. The second-order valence-corrected chi connectivity index (χ2v) is 6.65. The monoisotopic (exact) mass is 362 g/mol. The van der Waals surface area contributed by atoms with E-state index in [0.29, 0.717) is 11.5 Å². The largest absolute Gasteiger partial charge is 0.519 e. The minimum absolute atomic E-state index is 0.199. The Kier molecular flexibility index (Phi) is 5.46. The zero-order valence-electron chi connectivity index (χ0n) is 15.6. The Morgan fingerprint density at radius 2 is 1.11 bits per heavy atom. The number of methoxy groups -OCH3 is 1. The third-order valence-corrected chi connectivity index (χ3v) is 4.53. The van der Waals surface area contributed by atoms with Gasteiger partial charge in [-0.15, -0.1) is 0 Å². The average Bonchev–Trinajstić information content (AvgIpc) is 2.69. The lowest BCUT2D eigenvalue weighted by Gasteiger charge is -2.26. The second kappa shape index (κ2) is 7.96. The highest BCUT2D eigenvalue weighted by atomic mass is 16.7. The quantitative estimate of drug-likeness (QED) is 0.438. The maximum atomic E-state index is 11.9. The molecule has 0 N–H and O–H groups in total. The van der Waals surface area contributed by atoms with Gasteiger partial charge in [-0.05, 0) is 47.5 Å². The molecule has 4 nitrogen and oxygen atoms in total. The summed E-state index contributed by atoms with van der Waals surface area (Å²) in [5.74, 6) is 1.71. The lowest BCUT2D eigenvalue weighted by molar-refractivity contribution is 0.152. The molecular formula is C23H22O4. The summed E-state index contributed by atoms with van der Waals surface area (Å²) in [4.78, 5) is 11.9. The van der Waals surface area contributed by atoms with Crippen LogP contribution in [0.4, 0.5) is 4.79 Å². The van der Waals surface area contributed by atoms with Gasteiger partial charge in [-0.1, -0.05) is 56.3 Å². The molecule has 27 heavy (non-hydrogen) atoms. The summed E-state index contributed by atoms with van der Waals surface area (Å²) >= 11 is 0. The first-order chi connectivity index (χ1) is 13.0. The molecule has 0 heterocycles. The zero-order chi connectivity index (χ0) is 19.3. The summed E-state index contributed by atoms with van der Waals surface area (Å²) in [6.45, 7) is 4.29. The number of carbonyl (C=O) groups is 1. The Morgan fingerprint density at radius 3 is 1.59 bits per heavy atom. The molecule has 3 aromatic rings. The standard InChI is InChI=1S/C23H22O4/c1-23(2,17-9-13-19(25-3)14-10-17)18-11-15-21(16-12-18)27-22(24)26-20-7-5-4-6-8-20/h4-16H,1-3H3. The van der Waals surface area contributed by atoms with Crippen LogP contribution >= 0.6 is 0 Å². The maximum absolute atomic E-state index is 11.9. The number of para-hydroxylation sites is 1. The molecular weight excluding hydrogens is 340 g/mol. The number of benzene rings is 3. The first-order valence-electron chi connectivity index (χ1n) is 8.69. The molecule has 0 saturated heterocycles. The first kappa shape index (κ1) is 18.5. The van der Waals surface area contributed by atoms with Gasteiger partial charge in [-0.25, -0.2) is 4.79 Å². The van der Waals surface area contributed by atoms with Gasteiger partial charge in [0.25, 0.3) is 0 Å². The molecule has 0 fully saturated rings. The van der Waals surface area contributed by atoms with E-state index in [0.717, 1.165) is 11.3 Å². The van der Waals surface area contributed by atoms with Crippen LogP contribution in [0, 0.1) is 0 Å². The van der Waals surface area contributed by atoms with Crippen LogP contribution in [0.3, 0.4) is 0 Å². The highest BCUT2D eigenvalue weighted by Gasteiger charge is 2.23. The molecule has 0 saturated carbocycles. The second-order valence-electron chi connectivity index (χ2n) is 6.65. The molecule has 0 aliphatic rings. The lowest BCUT2D eigenvalue weighted by Crippen LogP contribution is -2.19. The number of rotatable bonds is 5. The summed E-state index contributed by atoms with van der Waals surface area (Å²) in [5.41, 5.74) is 2.08. The molecule has 4 heteroatoms. The van der Waals surface area contributed by atoms with E-state index in [-0.39, 0.29) is 5.41 Å². The fourth-order valence-electron chi connectivity index (χ4n) is 2.82. The lowest BCUT2D eigenvalue weighted by atomic mass is 9.78. The van der Waals surface area contributed by atoms with E-state index in [2.05, 4.69) is 26.0 Å². The highest BCUT2D eigenvalue weighted by Crippen LogP contribution is 2.33. The Bertz CT molecular complexity index is 882. The molecule has 0 radical (unpaired) electrons.